The van der Waals surface area contributed by atoms with Crippen LogP contribution in [0.3, 0.4) is 0 Å². The van der Waals surface area contributed by atoms with Crippen LogP contribution in [0.15, 0.2) is 0 Å². The summed E-state index contributed by atoms with van der Waals surface area (Å²) in [6, 6.07) is 0. The second-order valence-corrected chi connectivity index (χ2v) is 4.78. The van der Waals surface area contributed by atoms with Gasteiger partial charge in [-0.3, -0.25) is 0 Å². The van der Waals surface area contributed by atoms with E-state index in [0.717, 1.165) is 19.3 Å². The van der Waals surface area contributed by atoms with Crippen molar-refractivity contribution in [1.82, 2.24) is 0 Å². The van der Waals surface area contributed by atoms with Crippen molar-refractivity contribution in [2.45, 2.75) is 44.3 Å². The van der Waals surface area contributed by atoms with Crippen LogP contribution in [0, 0.1) is 0 Å². The van der Waals surface area contributed by atoms with E-state index in [-0.39, 0.29) is 42.6 Å². The van der Waals surface area contributed by atoms with Gasteiger partial charge < -0.3 is 9.66 Å². The third kappa shape index (κ3) is 8.20. The van der Waals surface area contributed by atoms with Crippen LogP contribution in [-0.2, 0) is 10.1 Å². The zero-order chi connectivity index (χ0) is 10.3. The Bertz CT molecular complexity index is 215. The molecule has 0 saturated carbocycles. The molecule has 0 aromatic carbocycles. The predicted octanol–water partition coefficient (Wildman–Crippen LogP) is -2.13. The SMILES string of the molecule is CCCCCC(CCO)S(=O)(=O)[O-].[Na+]. The maximum Gasteiger partial charge on any atom is 1.00 e. The first kappa shape index (κ1) is 17.3. The molecule has 1 unspecified atom stereocenters. The summed E-state index contributed by atoms with van der Waals surface area (Å²) in [5, 5.41) is 7.65. The van der Waals surface area contributed by atoms with Gasteiger partial charge in [0.2, 0.25) is 0 Å². The second-order valence-electron chi connectivity index (χ2n) is 3.12. The van der Waals surface area contributed by atoms with Crippen molar-refractivity contribution < 1.29 is 47.6 Å². The Morgan fingerprint density at radius 1 is 1.29 bits per heavy atom. The minimum absolute atomic E-state index is 0. The standard InChI is InChI=1S/C8H18O4S.Na/c1-2-3-4-5-8(6-7-9)13(10,11)12;/h8-9H,2-7H2,1H3,(H,10,11,12);/q;+1/p-1. The summed E-state index contributed by atoms with van der Waals surface area (Å²) in [6.45, 7) is 1.77. The Kier molecular flexibility index (Phi) is 11.3. The van der Waals surface area contributed by atoms with Crippen LogP contribution >= 0.6 is 0 Å². The average Bonchev–Trinajstić information content (AvgIpc) is 2.01. The third-order valence-electron chi connectivity index (χ3n) is 1.99. The van der Waals surface area contributed by atoms with E-state index in [9.17, 15) is 13.0 Å². The van der Waals surface area contributed by atoms with Gasteiger partial charge in [-0.05, 0) is 12.8 Å². The summed E-state index contributed by atoms with van der Waals surface area (Å²) in [7, 11) is -4.22. The monoisotopic (exact) mass is 232 g/mol. The average molecular weight is 232 g/mol. The van der Waals surface area contributed by atoms with Crippen LogP contribution in [0.2, 0.25) is 0 Å². The fourth-order valence-electron chi connectivity index (χ4n) is 1.20. The summed E-state index contributed by atoms with van der Waals surface area (Å²) in [5.74, 6) is 0. The molecule has 14 heavy (non-hydrogen) atoms. The van der Waals surface area contributed by atoms with Crippen LogP contribution in [0.1, 0.15) is 39.0 Å². The van der Waals surface area contributed by atoms with E-state index in [1.165, 1.54) is 0 Å². The Balaban J connectivity index is 0. The van der Waals surface area contributed by atoms with E-state index in [1.54, 1.807) is 0 Å². The maximum atomic E-state index is 10.6. The quantitative estimate of drug-likeness (QED) is 0.309. The molecule has 80 valence electrons. The zero-order valence-corrected chi connectivity index (χ0v) is 11.7. The maximum absolute atomic E-state index is 10.6. The number of unbranched alkanes of at least 4 members (excludes halogenated alkanes) is 2. The number of aliphatic hydroxyl groups excluding tert-OH is 1. The van der Waals surface area contributed by atoms with Crippen molar-refractivity contribution in [1.29, 1.82) is 0 Å². The van der Waals surface area contributed by atoms with E-state index >= 15 is 0 Å². The van der Waals surface area contributed by atoms with Gasteiger partial charge in [0.25, 0.3) is 0 Å². The van der Waals surface area contributed by atoms with E-state index in [1.807, 2.05) is 6.92 Å². The van der Waals surface area contributed by atoms with Crippen molar-refractivity contribution in [3.63, 3.8) is 0 Å². The van der Waals surface area contributed by atoms with Gasteiger partial charge in [-0.2, -0.15) is 0 Å². The first-order valence-electron chi connectivity index (χ1n) is 4.58. The molecular weight excluding hydrogens is 215 g/mol. The Morgan fingerprint density at radius 2 is 1.86 bits per heavy atom. The molecule has 0 aromatic heterocycles. The second kappa shape index (κ2) is 9.12. The largest absolute Gasteiger partial charge is 1.00 e. The fraction of sp³-hybridized carbons (Fsp3) is 1.00. The van der Waals surface area contributed by atoms with Crippen LogP contribution in [0.25, 0.3) is 0 Å². The van der Waals surface area contributed by atoms with Crippen LogP contribution < -0.4 is 29.6 Å². The molecule has 0 fully saturated rings. The Morgan fingerprint density at radius 3 is 2.21 bits per heavy atom. The molecule has 0 bridgehead atoms. The van der Waals surface area contributed by atoms with Gasteiger partial charge in [0.05, 0.1) is 15.4 Å². The minimum atomic E-state index is -4.22. The molecule has 0 aliphatic carbocycles. The van der Waals surface area contributed by atoms with Gasteiger partial charge in [0.1, 0.15) is 0 Å². The summed E-state index contributed by atoms with van der Waals surface area (Å²) in [4.78, 5) is 0. The van der Waals surface area contributed by atoms with Gasteiger partial charge >= 0.3 is 29.6 Å². The molecule has 0 heterocycles. The van der Waals surface area contributed by atoms with Crippen molar-refractivity contribution in [2.75, 3.05) is 6.61 Å². The fourth-order valence-corrected chi connectivity index (χ4v) is 2.05. The van der Waals surface area contributed by atoms with Crippen LogP contribution in [-0.4, -0.2) is 29.9 Å². The predicted molar refractivity (Wildman–Crippen MR) is 49.3 cm³/mol. The molecule has 0 radical (unpaired) electrons. The molecule has 0 saturated heterocycles. The van der Waals surface area contributed by atoms with Gasteiger partial charge in [0, 0.05) is 6.61 Å². The van der Waals surface area contributed by atoms with Gasteiger partial charge in [-0.15, -0.1) is 0 Å². The van der Waals surface area contributed by atoms with E-state index < -0.39 is 15.4 Å². The van der Waals surface area contributed by atoms with Gasteiger partial charge in [-0.1, -0.05) is 26.2 Å². The molecule has 0 rings (SSSR count). The Hall–Kier alpha value is 0.870. The number of rotatable bonds is 7. The zero-order valence-electron chi connectivity index (χ0n) is 8.90. The minimum Gasteiger partial charge on any atom is -0.748 e. The van der Waals surface area contributed by atoms with E-state index in [2.05, 4.69) is 0 Å². The topological polar surface area (TPSA) is 77.4 Å². The van der Waals surface area contributed by atoms with Crippen LogP contribution in [0.4, 0.5) is 0 Å². The van der Waals surface area contributed by atoms with Crippen molar-refractivity contribution >= 4 is 10.1 Å². The number of aliphatic hydroxyl groups is 1. The first-order valence-corrected chi connectivity index (χ1v) is 6.05. The molecule has 1 atom stereocenters. The molecule has 0 spiro atoms. The van der Waals surface area contributed by atoms with Crippen molar-refractivity contribution in [3.05, 3.63) is 0 Å². The smallest absolute Gasteiger partial charge is 0.748 e. The molecule has 0 amide bonds. The molecule has 0 aromatic rings. The van der Waals surface area contributed by atoms with Gasteiger partial charge in [-0.25, -0.2) is 8.42 Å². The van der Waals surface area contributed by atoms with Crippen molar-refractivity contribution in [3.8, 4) is 0 Å². The molecular formula is C8H17NaO4S. The summed E-state index contributed by atoms with van der Waals surface area (Å²) in [6.07, 6.45) is 3.10. The van der Waals surface area contributed by atoms with E-state index in [0.29, 0.717) is 6.42 Å². The molecule has 1 N–H and O–H groups in total. The van der Waals surface area contributed by atoms with Crippen LogP contribution in [0.5, 0.6) is 0 Å². The molecule has 0 aliphatic rings. The number of hydrogen-bond donors (Lipinski definition) is 1. The third-order valence-corrected chi connectivity index (χ3v) is 3.28. The van der Waals surface area contributed by atoms with Gasteiger partial charge in [0.15, 0.2) is 0 Å². The molecule has 4 nitrogen and oxygen atoms in total. The van der Waals surface area contributed by atoms with Crippen molar-refractivity contribution in [2.24, 2.45) is 0 Å². The Labute approximate surface area is 108 Å². The normalized spacial score (nSPS) is 13.4. The summed E-state index contributed by atoms with van der Waals surface area (Å²) >= 11 is 0. The van der Waals surface area contributed by atoms with E-state index in [4.69, 9.17) is 5.11 Å². The summed E-state index contributed by atoms with van der Waals surface area (Å²) < 4.78 is 31.9. The molecule has 0 aliphatic heterocycles. The number of hydrogen-bond acceptors (Lipinski definition) is 4. The molecule has 6 heteroatoms. The first-order chi connectivity index (χ1) is 6.02. The summed E-state index contributed by atoms with van der Waals surface area (Å²) in [5.41, 5.74) is 0.